The molecule has 0 aromatic heterocycles. The van der Waals surface area contributed by atoms with E-state index in [1.54, 1.807) is 0 Å². The number of fused-ring (bicyclic) bond motifs is 15. The number of hydrogen-bond acceptors (Lipinski definition) is 0. The lowest BCUT2D eigenvalue weighted by Gasteiger charge is -2.25. The van der Waals surface area contributed by atoms with Gasteiger partial charge in [0.1, 0.15) is 0 Å². The Morgan fingerprint density at radius 1 is 0.258 bits per heavy atom. The van der Waals surface area contributed by atoms with Gasteiger partial charge in [0.25, 0.3) is 0 Å². The Balaban J connectivity index is 0.950. The molecule has 0 atom stereocenters. The van der Waals surface area contributed by atoms with Crippen molar-refractivity contribution in [2.45, 2.75) is 38.5 Å². The molecule has 0 unspecified atom stereocenters. The van der Waals surface area contributed by atoms with Crippen LogP contribution in [-0.4, -0.2) is 0 Å². The van der Waals surface area contributed by atoms with Gasteiger partial charge in [-0.3, -0.25) is 0 Å². The fourth-order valence-corrected chi connectivity index (χ4v) is 12.0. The molecule has 0 fully saturated rings. The molecule has 13 rings (SSSR count). The van der Waals surface area contributed by atoms with Gasteiger partial charge < -0.3 is 0 Å². The topological polar surface area (TPSA) is 0 Å². The summed E-state index contributed by atoms with van der Waals surface area (Å²) in [6.45, 7) is 9.60. The highest BCUT2D eigenvalue weighted by Gasteiger charge is 2.40. The molecule has 62 heavy (non-hydrogen) atoms. The molecule has 0 amide bonds. The molecule has 0 nitrogen and oxygen atoms in total. The van der Waals surface area contributed by atoms with Crippen LogP contribution in [0.5, 0.6) is 0 Å². The zero-order chi connectivity index (χ0) is 41.5. The molecule has 292 valence electrons. The summed E-state index contributed by atoms with van der Waals surface area (Å²) in [6, 6.07) is 73.3. The smallest absolute Gasteiger partial charge is 0.0171 e. The standard InChI is InChI=1S/C62H44/c1-61(2)54-24-14-13-18-44(54)45-32-31-41(36-55(45)61)57-49-22-11-9-20-47(49)56(48-21-10-12-23-50(48)57)39-27-25-37(26-28-39)40-30-33-51-53(35-40)43-17-7-8-19-46(43)58-52-34-29-38-15-5-6-16-42(38)59(52)62(3,4)60(51)58/h5-36H,1-4H3. The van der Waals surface area contributed by atoms with Crippen molar-refractivity contribution in [2.24, 2.45) is 0 Å². The number of rotatable bonds is 3. The van der Waals surface area contributed by atoms with Gasteiger partial charge in [0.15, 0.2) is 0 Å². The first-order valence-corrected chi connectivity index (χ1v) is 22.1. The predicted octanol–water partition coefficient (Wildman–Crippen LogP) is 17.1. The molecule has 11 aromatic carbocycles. The van der Waals surface area contributed by atoms with E-state index in [1.165, 1.54) is 132 Å². The highest BCUT2D eigenvalue weighted by molar-refractivity contribution is 6.22. The monoisotopic (exact) mass is 788 g/mol. The number of hydrogen-bond donors (Lipinski definition) is 0. The Morgan fingerprint density at radius 3 is 1.45 bits per heavy atom. The molecule has 0 spiro atoms. The van der Waals surface area contributed by atoms with Crippen LogP contribution in [0.2, 0.25) is 0 Å². The lowest BCUT2D eigenvalue weighted by atomic mass is 9.77. The molecule has 0 aliphatic heterocycles. The van der Waals surface area contributed by atoms with Gasteiger partial charge in [-0.2, -0.15) is 0 Å². The van der Waals surface area contributed by atoms with Gasteiger partial charge in [0.2, 0.25) is 0 Å². The summed E-state index contributed by atoms with van der Waals surface area (Å²) in [4.78, 5) is 0. The second-order valence-corrected chi connectivity index (χ2v) is 18.7. The molecule has 11 aromatic rings. The van der Waals surface area contributed by atoms with Gasteiger partial charge in [-0.05, 0) is 144 Å². The highest BCUT2D eigenvalue weighted by Crippen LogP contribution is 2.57. The van der Waals surface area contributed by atoms with E-state index in [1.807, 2.05) is 0 Å². The van der Waals surface area contributed by atoms with Gasteiger partial charge in [-0.25, -0.2) is 0 Å². The van der Waals surface area contributed by atoms with Crippen molar-refractivity contribution in [1.82, 2.24) is 0 Å². The van der Waals surface area contributed by atoms with Crippen LogP contribution in [0.15, 0.2) is 194 Å². The Morgan fingerprint density at radius 2 is 0.758 bits per heavy atom. The van der Waals surface area contributed by atoms with Crippen molar-refractivity contribution in [3.63, 3.8) is 0 Å². The van der Waals surface area contributed by atoms with Gasteiger partial charge in [0.05, 0.1) is 0 Å². The molecular formula is C62H44. The van der Waals surface area contributed by atoms with Crippen LogP contribution in [-0.2, 0) is 10.8 Å². The maximum Gasteiger partial charge on any atom is 0.0171 e. The van der Waals surface area contributed by atoms with Gasteiger partial charge >= 0.3 is 0 Å². The van der Waals surface area contributed by atoms with Gasteiger partial charge in [-0.1, -0.05) is 210 Å². The Hall–Kier alpha value is -7.28. The van der Waals surface area contributed by atoms with E-state index in [4.69, 9.17) is 0 Å². The van der Waals surface area contributed by atoms with Crippen molar-refractivity contribution in [3.05, 3.63) is 216 Å². The van der Waals surface area contributed by atoms with Crippen LogP contribution in [0, 0.1) is 0 Å². The summed E-state index contributed by atoms with van der Waals surface area (Å²) in [5, 5.41) is 13.1. The number of benzene rings is 11. The lowest BCUT2D eigenvalue weighted by molar-refractivity contribution is 0.660. The van der Waals surface area contributed by atoms with Crippen molar-refractivity contribution in [1.29, 1.82) is 0 Å². The van der Waals surface area contributed by atoms with Crippen molar-refractivity contribution in [2.75, 3.05) is 0 Å². The van der Waals surface area contributed by atoms with Crippen LogP contribution in [0.25, 0.3) is 109 Å². The fraction of sp³-hybridized carbons (Fsp3) is 0.0968. The molecule has 2 aliphatic carbocycles. The zero-order valence-corrected chi connectivity index (χ0v) is 35.5. The molecular weight excluding hydrogens is 745 g/mol. The third-order valence-corrected chi connectivity index (χ3v) is 14.8. The Bertz CT molecular complexity index is 3670. The maximum absolute atomic E-state index is 2.47. The Kier molecular flexibility index (Phi) is 7.23. The third kappa shape index (κ3) is 4.73. The minimum atomic E-state index is -0.152. The molecule has 0 saturated heterocycles. The third-order valence-electron chi connectivity index (χ3n) is 14.8. The average molecular weight is 789 g/mol. The van der Waals surface area contributed by atoms with Crippen LogP contribution in [0.3, 0.4) is 0 Å². The van der Waals surface area contributed by atoms with Crippen molar-refractivity contribution >= 4 is 53.9 Å². The molecule has 0 heteroatoms. The first-order chi connectivity index (χ1) is 30.3. The minimum Gasteiger partial charge on any atom is -0.0619 e. The summed E-state index contributed by atoms with van der Waals surface area (Å²) in [6.07, 6.45) is 0. The van der Waals surface area contributed by atoms with E-state index < -0.39 is 0 Å². The van der Waals surface area contributed by atoms with Crippen LogP contribution >= 0.6 is 0 Å². The zero-order valence-electron chi connectivity index (χ0n) is 35.5. The van der Waals surface area contributed by atoms with Gasteiger partial charge in [-0.15, -0.1) is 0 Å². The van der Waals surface area contributed by atoms with Crippen molar-refractivity contribution < 1.29 is 0 Å². The molecule has 0 bridgehead atoms. The van der Waals surface area contributed by atoms with Crippen LogP contribution < -0.4 is 0 Å². The second kappa shape index (κ2) is 12.6. The quantitative estimate of drug-likeness (QED) is 0.124. The Labute approximate surface area is 362 Å². The summed E-state index contributed by atoms with van der Waals surface area (Å²) >= 11 is 0. The summed E-state index contributed by atoms with van der Waals surface area (Å²) in [7, 11) is 0. The van der Waals surface area contributed by atoms with E-state index in [-0.39, 0.29) is 10.8 Å². The van der Waals surface area contributed by atoms with E-state index in [2.05, 4.69) is 222 Å². The average Bonchev–Trinajstić information content (AvgIpc) is 3.70. The molecule has 0 heterocycles. The van der Waals surface area contributed by atoms with Crippen LogP contribution in [0.1, 0.15) is 49.9 Å². The van der Waals surface area contributed by atoms with Gasteiger partial charge in [0, 0.05) is 10.8 Å². The van der Waals surface area contributed by atoms with E-state index in [9.17, 15) is 0 Å². The van der Waals surface area contributed by atoms with E-state index >= 15 is 0 Å². The van der Waals surface area contributed by atoms with Crippen molar-refractivity contribution in [3.8, 4) is 55.6 Å². The molecule has 0 N–H and O–H groups in total. The normalized spacial score (nSPS) is 14.4. The largest absolute Gasteiger partial charge is 0.0619 e. The SMILES string of the molecule is CC1(C)c2ccccc2-c2ccc(-c3c4ccccc4c(-c4ccc(-c5ccc6c7c(c8ccccc8c6c5)-c5ccc6ccccc6c5C7(C)C)cc4)c4ccccc34)cc21. The fourth-order valence-electron chi connectivity index (χ4n) is 12.0. The highest BCUT2D eigenvalue weighted by atomic mass is 14.4. The van der Waals surface area contributed by atoms with E-state index in [0.29, 0.717) is 0 Å². The van der Waals surface area contributed by atoms with Crippen LogP contribution in [0.4, 0.5) is 0 Å². The van der Waals surface area contributed by atoms with E-state index in [0.717, 1.165) is 0 Å². The lowest BCUT2D eigenvalue weighted by Crippen LogP contribution is -2.16. The molecule has 0 radical (unpaired) electrons. The summed E-state index contributed by atoms with van der Waals surface area (Å²) < 4.78 is 0. The molecule has 0 saturated carbocycles. The second-order valence-electron chi connectivity index (χ2n) is 18.7. The molecule has 2 aliphatic rings. The first-order valence-electron chi connectivity index (χ1n) is 22.1. The maximum atomic E-state index is 2.47. The summed E-state index contributed by atoms with van der Waals surface area (Å²) in [5.41, 5.74) is 18.5. The summed E-state index contributed by atoms with van der Waals surface area (Å²) in [5.74, 6) is 0. The first kappa shape index (κ1) is 35.5. The predicted molar refractivity (Wildman–Crippen MR) is 265 cm³/mol. The minimum absolute atomic E-state index is 0.0643.